The summed E-state index contributed by atoms with van der Waals surface area (Å²) in [7, 11) is 1.66. The molecule has 0 aliphatic carbocycles. The molecule has 1 atom stereocenters. The molecule has 1 unspecified atom stereocenters. The molecule has 30 heavy (non-hydrogen) atoms. The molecule has 1 saturated heterocycles. The van der Waals surface area contributed by atoms with Gasteiger partial charge in [-0.3, -0.25) is 9.59 Å². The van der Waals surface area contributed by atoms with Gasteiger partial charge in [0.1, 0.15) is 5.75 Å². The summed E-state index contributed by atoms with van der Waals surface area (Å²) in [6.07, 6.45) is 4.00. The van der Waals surface area contributed by atoms with Gasteiger partial charge in [0.05, 0.1) is 25.1 Å². The molecular weight excluding hydrogens is 376 g/mol. The monoisotopic (exact) mass is 406 g/mol. The molecule has 0 saturated carbocycles. The Kier molecular flexibility index (Phi) is 6.07. The van der Waals surface area contributed by atoms with Gasteiger partial charge >= 0.3 is 0 Å². The van der Waals surface area contributed by atoms with E-state index in [-0.39, 0.29) is 17.7 Å². The first-order valence-corrected chi connectivity index (χ1v) is 10.9. The van der Waals surface area contributed by atoms with Crippen molar-refractivity contribution < 1.29 is 14.3 Å². The highest BCUT2D eigenvalue weighted by atomic mass is 16.5. The van der Waals surface area contributed by atoms with E-state index in [1.807, 2.05) is 46.2 Å². The van der Waals surface area contributed by atoms with Crippen LogP contribution >= 0.6 is 0 Å². The number of fused-ring (bicyclic) bond motifs is 1. The fraction of sp³-hybridized carbons (Fsp3) is 0.440. The first-order chi connectivity index (χ1) is 14.6. The van der Waals surface area contributed by atoms with Crippen LogP contribution in [0.4, 0.5) is 5.69 Å². The summed E-state index contributed by atoms with van der Waals surface area (Å²) in [6, 6.07) is 13.8. The highest BCUT2D eigenvalue weighted by Gasteiger charge is 2.35. The number of amides is 2. The lowest BCUT2D eigenvalue weighted by Crippen LogP contribution is -2.48. The second kappa shape index (κ2) is 8.90. The number of hydrogen-bond donors (Lipinski definition) is 0. The minimum absolute atomic E-state index is 0.103. The molecule has 0 radical (unpaired) electrons. The van der Waals surface area contributed by atoms with Crippen LogP contribution in [0, 0.1) is 12.8 Å². The largest absolute Gasteiger partial charge is 0.495 e. The van der Waals surface area contributed by atoms with Gasteiger partial charge in [-0.2, -0.15) is 0 Å². The van der Waals surface area contributed by atoms with Crippen molar-refractivity contribution in [3.63, 3.8) is 0 Å². The molecule has 0 N–H and O–H groups in total. The van der Waals surface area contributed by atoms with Gasteiger partial charge in [-0.05, 0) is 55.4 Å². The van der Waals surface area contributed by atoms with Gasteiger partial charge < -0.3 is 14.5 Å². The molecule has 2 aromatic rings. The lowest BCUT2D eigenvalue weighted by molar-refractivity contribution is -0.134. The van der Waals surface area contributed by atoms with Crippen LogP contribution in [-0.2, 0) is 22.4 Å². The van der Waals surface area contributed by atoms with Crippen molar-refractivity contribution in [2.24, 2.45) is 5.92 Å². The minimum Gasteiger partial charge on any atom is -0.495 e. The molecule has 0 bridgehead atoms. The molecule has 5 heteroatoms. The first kappa shape index (κ1) is 20.5. The number of methoxy groups -OCH3 is 1. The molecule has 2 amide bonds. The highest BCUT2D eigenvalue weighted by molar-refractivity contribution is 5.98. The number of ether oxygens (including phenoxy) is 1. The average molecular weight is 407 g/mol. The van der Waals surface area contributed by atoms with E-state index in [4.69, 9.17) is 4.74 Å². The smallest absolute Gasteiger partial charge is 0.231 e. The van der Waals surface area contributed by atoms with E-state index in [9.17, 15) is 9.59 Å². The summed E-state index contributed by atoms with van der Waals surface area (Å²) in [5.74, 6) is 0.828. The number of anilines is 1. The molecule has 158 valence electrons. The number of benzene rings is 2. The molecule has 2 aromatic carbocycles. The number of hydrogen-bond acceptors (Lipinski definition) is 3. The third kappa shape index (κ3) is 4.07. The number of likely N-dealkylation sites (tertiary alicyclic amines) is 1. The predicted octanol–water partition coefficient (Wildman–Crippen LogP) is 3.76. The Hall–Kier alpha value is -2.82. The van der Waals surface area contributed by atoms with Crippen molar-refractivity contribution in [1.29, 1.82) is 0 Å². The van der Waals surface area contributed by atoms with Crippen LogP contribution in [0.25, 0.3) is 0 Å². The molecular formula is C25H30N2O3. The number of rotatable bonds is 4. The minimum atomic E-state index is -0.158. The molecule has 2 aliphatic heterocycles. The zero-order valence-corrected chi connectivity index (χ0v) is 17.9. The van der Waals surface area contributed by atoms with Crippen molar-refractivity contribution >= 4 is 17.5 Å². The van der Waals surface area contributed by atoms with Gasteiger partial charge in [0.25, 0.3) is 0 Å². The van der Waals surface area contributed by atoms with Gasteiger partial charge in [-0.1, -0.05) is 36.4 Å². The molecule has 0 aromatic heterocycles. The molecule has 4 rings (SSSR count). The summed E-state index contributed by atoms with van der Waals surface area (Å²) < 4.78 is 5.60. The number of aryl methyl sites for hydroxylation is 1. The Balaban J connectivity index is 1.51. The van der Waals surface area contributed by atoms with Crippen LogP contribution in [0.2, 0.25) is 0 Å². The number of piperidine rings is 1. The van der Waals surface area contributed by atoms with E-state index in [2.05, 4.69) is 13.0 Å². The summed E-state index contributed by atoms with van der Waals surface area (Å²) in [6.45, 7) is 4.04. The molecule has 2 aliphatic rings. The second-order valence-corrected chi connectivity index (χ2v) is 8.35. The Morgan fingerprint density at radius 1 is 1.07 bits per heavy atom. The fourth-order valence-electron chi connectivity index (χ4n) is 4.75. The topological polar surface area (TPSA) is 49.9 Å². The van der Waals surface area contributed by atoms with Crippen LogP contribution in [0.15, 0.2) is 42.5 Å². The number of nitrogens with zero attached hydrogens (tertiary/aromatic N) is 2. The van der Waals surface area contributed by atoms with Crippen molar-refractivity contribution in [3.8, 4) is 5.75 Å². The summed E-state index contributed by atoms with van der Waals surface area (Å²) in [5.41, 5.74) is 4.36. The van der Waals surface area contributed by atoms with Gasteiger partial charge in [0, 0.05) is 19.6 Å². The van der Waals surface area contributed by atoms with Gasteiger partial charge in [-0.15, -0.1) is 0 Å². The van der Waals surface area contributed by atoms with E-state index in [0.717, 1.165) is 49.2 Å². The van der Waals surface area contributed by atoms with E-state index < -0.39 is 0 Å². The maximum absolute atomic E-state index is 13.6. The van der Waals surface area contributed by atoms with Gasteiger partial charge in [0.2, 0.25) is 11.8 Å². The van der Waals surface area contributed by atoms with E-state index in [0.29, 0.717) is 19.5 Å². The molecule has 5 nitrogen and oxygen atoms in total. The van der Waals surface area contributed by atoms with E-state index in [1.165, 1.54) is 11.1 Å². The summed E-state index contributed by atoms with van der Waals surface area (Å²) >= 11 is 0. The van der Waals surface area contributed by atoms with E-state index in [1.54, 1.807) is 7.11 Å². The van der Waals surface area contributed by atoms with Crippen LogP contribution in [-0.4, -0.2) is 43.5 Å². The quantitative estimate of drug-likeness (QED) is 0.777. The van der Waals surface area contributed by atoms with Crippen LogP contribution in [0.1, 0.15) is 36.0 Å². The average Bonchev–Trinajstić information content (AvgIpc) is 2.79. The predicted molar refractivity (Wildman–Crippen MR) is 118 cm³/mol. The number of carbonyl (C=O) groups excluding carboxylic acids is 2. The maximum atomic E-state index is 13.6. The first-order valence-electron chi connectivity index (χ1n) is 10.9. The van der Waals surface area contributed by atoms with Gasteiger partial charge in [-0.25, -0.2) is 0 Å². The third-order valence-electron chi connectivity index (χ3n) is 6.37. The highest BCUT2D eigenvalue weighted by Crippen LogP contribution is 2.39. The normalized spacial score (nSPS) is 18.7. The second-order valence-electron chi connectivity index (χ2n) is 8.35. The Morgan fingerprint density at radius 2 is 1.87 bits per heavy atom. The third-order valence-corrected chi connectivity index (χ3v) is 6.37. The standard InChI is InChI=1S/C25H30N2O3/c1-18-12-13-22(30-2)24-21(18)11-7-15-27(24)25(29)20-10-6-14-26(17-20)23(28)16-19-8-4-3-5-9-19/h3-5,8-9,12-13,20H,6-7,10-11,14-17H2,1-2H3. The van der Waals surface area contributed by atoms with Crippen molar-refractivity contribution in [3.05, 3.63) is 59.2 Å². The summed E-state index contributed by atoms with van der Waals surface area (Å²) in [4.78, 5) is 30.2. The lowest BCUT2D eigenvalue weighted by Gasteiger charge is -2.38. The Labute approximate surface area is 178 Å². The van der Waals surface area contributed by atoms with Crippen molar-refractivity contribution in [2.45, 2.75) is 39.0 Å². The van der Waals surface area contributed by atoms with Crippen LogP contribution in [0.5, 0.6) is 5.75 Å². The van der Waals surface area contributed by atoms with Crippen molar-refractivity contribution in [2.75, 3.05) is 31.6 Å². The Morgan fingerprint density at radius 3 is 2.63 bits per heavy atom. The molecule has 2 heterocycles. The van der Waals surface area contributed by atoms with Gasteiger partial charge in [0.15, 0.2) is 0 Å². The zero-order valence-electron chi connectivity index (χ0n) is 17.9. The van der Waals surface area contributed by atoms with Crippen LogP contribution in [0.3, 0.4) is 0 Å². The van der Waals surface area contributed by atoms with Crippen molar-refractivity contribution in [1.82, 2.24) is 4.90 Å². The summed E-state index contributed by atoms with van der Waals surface area (Å²) in [5, 5.41) is 0. The molecule has 0 spiro atoms. The maximum Gasteiger partial charge on any atom is 0.231 e. The zero-order chi connectivity index (χ0) is 21.1. The molecule has 1 fully saturated rings. The lowest BCUT2D eigenvalue weighted by atomic mass is 9.92. The fourth-order valence-corrected chi connectivity index (χ4v) is 4.75. The SMILES string of the molecule is COc1ccc(C)c2c1N(C(=O)C1CCCN(C(=O)Cc3ccccc3)C1)CCC2. The van der Waals surface area contributed by atoms with E-state index >= 15 is 0 Å². The Bertz CT molecular complexity index is 925. The number of carbonyl (C=O) groups is 2. The van der Waals surface area contributed by atoms with Crippen LogP contribution < -0.4 is 9.64 Å².